The molecule has 1 aliphatic heterocycles. The van der Waals surface area contributed by atoms with Crippen LogP contribution >= 0.6 is 0 Å². The van der Waals surface area contributed by atoms with Crippen LogP contribution in [-0.4, -0.2) is 39.3 Å². The van der Waals surface area contributed by atoms with E-state index in [0.29, 0.717) is 17.7 Å². The van der Waals surface area contributed by atoms with Crippen LogP contribution in [0.5, 0.6) is 5.88 Å². The molecular weight excluding hydrogens is 294 g/mol. The zero-order valence-electron chi connectivity index (χ0n) is 13.9. The van der Waals surface area contributed by atoms with Crippen molar-refractivity contribution in [1.29, 1.82) is 0 Å². The molecule has 0 spiro atoms. The number of rotatable bonds is 5. The molecule has 3 rings (SSSR count). The van der Waals surface area contributed by atoms with E-state index >= 15 is 0 Å². The molecule has 7 heteroatoms. The number of aromatic nitrogens is 4. The molecule has 1 atom stereocenters. The molecule has 0 bridgehead atoms. The van der Waals surface area contributed by atoms with Crippen LogP contribution in [0.4, 0.5) is 5.82 Å². The van der Waals surface area contributed by atoms with E-state index in [0.717, 1.165) is 44.0 Å². The molecule has 7 nitrogen and oxygen atoms in total. The summed E-state index contributed by atoms with van der Waals surface area (Å²) in [6, 6.07) is 0. The van der Waals surface area contributed by atoms with Crippen LogP contribution in [0.1, 0.15) is 38.4 Å². The van der Waals surface area contributed by atoms with Crippen LogP contribution < -0.4 is 9.64 Å². The van der Waals surface area contributed by atoms with Crippen molar-refractivity contribution in [3.8, 4) is 5.88 Å². The third kappa shape index (κ3) is 3.97. The average molecular weight is 317 g/mol. The van der Waals surface area contributed by atoms with Crippen molar-refractivity contribution >= 4 is 5.82 Å². The highest BCUT2D eigenvalue weighted by Crippen LogP contribution is 2.29. The molecule has 0 aliphatic carbocycles. The Balaban J connectivity index is 1.71. The van der Waals surface area contributed by atoms with Gasteiger partial charge in [0.15, 0.2) is 11.6 Å². The molecule has 0 amide bonds. The quantitative estimate of drug-likeness (QED) is 0.838. The number of hydrogen-bond donors (Lipinski definition) is 0. The first kappa shape index (κ1) is 15.7. The lowest BCUT2D eigenvalue weighted by molar-refractivity contribution is 0.231. The Labute approximate surface area is 136 Å². The summed E-state index contributed by atoms with van der Waals surface area (Å²) in [5.41, 5.74) is 0. The Kier molecular flexibility index (Phi) is 4.73. The van der Waals surface area contributed by atoms with Crippen molar-refractivity contribution in [2.24, 2.45) is 5.92 Å². The van der Waals surface area contributed by atoms with E-state index in [1.54, 1.807) is 12.4 Å². The molecule has 0 N–H and O–H groups in total. The summed E-state index contributed by atoms with van der Waals surface area (Å²) in [5, 5.41) is 4.01. The molecular formula is C16H23N5O2. The van der Waals surface area contributed by atoms with E-state index in [1.165, 1.54) is 0 Å². The Morgan fingerprint density at radius 2 is 2.17 bits per heavy atom. The van der Waals surface area contributed by atoms with Gasteiger partial charge in [0.25, 0.3) is 5.88 Å². The lowest BCUT2D eigenvalue weighted by Crippen LogP contribution is -2.37. The fraction of sp³-hybridized carbons (Fsp3) is 0.625. The third-order valence-corrected chi connectivity index (χ3v) is 3.85. The average Bonchev–Trinajstić information content (AvgIpc) is 2.92. The summed E-state index contributed by atoms with van der Waals surface area (Å²) in [7, 11) is 0. The maximum Gasteiger partial charge on any atom is 0.257 e. The lowest BCUT2D eigenvalue weighted by atomic mass is 9.94. The number of hydrogen-bond acceptors (Lipinski definition) is 7. The highest BCUT2D eigenvalue weighted by molar-refractivity contribution is 5.48. The molecule has 3 heterocycles. The van der Waals surface area contributed by atoms with Gasteiger partial charge < -0.3 is 14.2 Å². The Morgan fingerprint density at radius 3 is 2.91 bits per heavy atom. The molecule has 1 saturated heterocycles. The Hall–Kier alpha value is -2.18. The van der Waals surface area contributed by atoms with Gasteiger partial charge in [0.05, 0.1) is 6.10 Å². The van der Waals surface area contributed by atoms with Crippen LogP contribution in [0.2, 0.25) is 0 Å². The van der Waals surface area contributed by atoms with Gasteiger partial charge in [-0.05, 0) is 32.6 Å². The van der Waals surface area contributed by atoms with E-state index in [4.69, 9.17) is 9.26 Å². The minimum atomic E-state index is 0.0772. The zero-order chi connectivity index (χ0) is 16.2. The highest BCUT2D eigenvalue weighted by Gasteiger charge is 2.25. The largest absolute Gasteiger partial charge is 0.472 e. The number of piperidine rings is 1. The Bertz CT molecular complexity index is 643. The van der Waals surface area contributed by atoms with Gasteiger partial charge in [-0.3, -0.25) is 0 Å². The molecule has 2 aromatic rings. The fourth-order valence-electron chi connectivity index (χ4n) is 2.95. The van der Waals surface area contributed by atoms with Crippen LogP contribution in [-0.2, 0) is 6.42 Å². The molecule has 0 saturated carbocycles. The summed E-state index contributed by atoms with van der Waals surface area (Å²) < 4.78 is 10.9. The van der Waals surface area contributed by atoms with E-state index in [1.807, 2.05) is 20.8 Å². The van der Waals surface area contributed by atoms with Crippen LogP contribution in [0.3, 0.4) is 0 Å². The monoisotopic (exact) mass is 317 g/mol. The summed E-state index contributed by atoms with van der Waals surface area (Å²) in [6.45, 7) is 7.68. The normalized spacial score (nSPS) is 18.4. The first-order valence-electron chi connectivity index (χ1n) is 8.13. The van der Waals surface area contributed by atoms with Crippen molar-refractivity contribution in [1.82, 2.24) is 20.1 Å². The topological polar surface area (TPSA) is 77.2 Å². The van der Waals surface area contributed by atoms with Crippen molar-refractivity contribution in [2.75, 3.05) is 18.0 Å². The first-order chi connectivity index (χ1) is 11.1. The van der Waals surface area contributed by atoms with Gasteiger partial charge in [-0.15, -0.1) is 0 Å². The van der Waals surface area contributed by atoms with Crippen molar-refractivity contribution < 1.29 is 9.26 Å². The summed E-state index contributed by atoms with van der Waals surface area (Å²) >= 11 is 0. The van der Waals surface area contributed by atoms with E-state index in [2.05, 4.69) is 25.0 Å². The van der Waals surface area contributed by atoms with Crippen LogP contribution in [0.25, 0.3) is 0 Å². The summed E-state index contributed by atoms with van der Waals surface area (Å²) in [6.07, 6.45) is 6.56. The second kappa shape index (κ2) is 6.93. The van der Waals surface area contributed by atoms with Gasteiger partial charge in [0, 0.05) is 38.8 Å². The predicted octanol–water partition coefficient (Wildman–Crippen LogP) is 2.41. The van der Waals surface area contributed by atoms with Gasteiger partial charge >= 0.3 is 0 Å². The molecule has 23 heavy (non-hydrogen) atoms. The number of anilines is 1. The van der Waals surface area contributed by atoms with Gasteiger partial charge in [-0.1, -0.05) is 5.16 Å². The highest BCUT2D eigenvalue weighted by atomic mass is 16.5. The predicted molar refractivity (Wildman–Crippen MR) is 85.5 cm³/mol. The standard InChI is InChI=1S/C16H23N5O2/c1-11(2)22-16-15(17-6-7-18-16)21-8-4-5-13(10-21)9-14-19-12(3)23-20-14/h6-7,11,13H,4-5,8-10H2,1-3H3. The van der Waals surface area contributed by atoms with Gasteiger partial charge in [-0.25, -0.2) is 9.97 Å². The van der Waals surface area contributed by atoms with Crippen LogP contribution in [0, 0.1) is 12.8 Å². The van der Waals surface area contributed by atoms with Crippen molar-refractivity contribution in [3.05, 3.63) is 24.1 Å². The molecule has 1 unspecified atom stereocenters. The minimum Gasteiger partial charge on any atom is -0.472 e. The number of ether oxygens (including phenoxy) is 1. The SMILES string of the molecule is Cc1nc(CC2CCCN(c3nccnc3OC(C)C)C2)no1. The minimum absolute atomic E-state index is 0.0772. The second-order valence-corrected chi connectivity index (χ2v) is 6.24. The molecule has 2 aromatic heterocycles. The van der Waals surface area contributed by atoms with E-state index < -0.39 is 0 Å². The maximum absolute atomic E-state index is 5.80. The van der Waals surface area contributed by atoms with Crippen molar-refractivity contribution in [2.45, 2.75) is 46.1 Å². The van der Waals surface area contributed by atoms with Crippen molar-refractivity contribution in [3.63, 3.8) is 0 Å². The number of aryl methyl sites for hydroxylation is 1. The van der Waals surface area contributed by atoms with E-state index in [9.17, 15) is 0 Å². The molecule has 0 radical (unpaired) electrons. The Morgan fingerprint density at radius 1 is 1.35 bits per heavy atom. The molecule has 0 aromatic carbocycles. The first-order valence-corrected chi connectivity index (χ1v) is 8.13. The van der Waals surface area contributed by atoms with Gasteiger partial charge in [-0.2, -0.15) is 4.98 Å². The summed E-state index contributed by atoms with van der Waals surface area (Å²) in [5.74, 6) is 3.32. The number of nitrogens with zero attached hydrogens (tertiary/aromatic N) is 5. The maximum atomic E-state index is 5.80. The van der Waals surface area contributed by atoms with Crippen LogP contribution in [0.15, 0.2) is 16.9 Å². The lowest BCUT2D eigenvalue weighted by Gasteiger charge is -2.33. The summed E-state index contributed by atoms with van der Waals surface area (Å²) in [4.78, 5) is 15.4. The second-order valence-electron chi connectivity index (χ2n) is 6.24. The van der Waals surface area contributed by atoms with E-state index in [-0.39, 0.29) is 6.10 Å². The zero-order valence-corrected chi connectivity index (χ0v) is 13.9. The molecule has 124 valence electrons. The molecule has 1 aliphatic rings. The van der Waals surface area contributed by atoms with Gasteiger partial charge in [0.1, 0.15) is 0 Å². The fourth-order valence-corrected chi connectivity index (χ4v) is 2.95. The third-order valence-electron chi connectivity index (χ3n) is 3.85. The smallest absolute Gasteiger partial charge is 0.257 e. The van der Waals surface area contributed by atoms with Gasteiger partial charge in [0.2, 0.25) is 5.89 Å². The molecule has 1 fully saturated rings.